The van der Waals surface area contributed by atoms with Gasteiger partial charge >= 0.3 is 0 Å². The molecule has 0 fully saturated rings. The van der Waals surface area contributed by atoms with E-state index in [2.05, 4.69) is 0 Å². The van der Waals surface area contributed by atoms with Gasteiger partial charge in [0.2, 0.25) is 0 Å². The number of phenols is 1. The summed E-state index contributed by atoms with van der Waals surface area (Å²) in [4.78, 5) is 0. The molecule has 0 saturated carbocycles. The van der Waals surface area contributed by atoms with Gasteiger partial charge in [-0.25, -0.2) is 0 Å². The van der Waals surface area contributed by atoms with Crippen LogP contribution in [-0.2, 0) is 0 Å². The minimum absolute atomic E-state index is 0.0309. The third kappa shape index (κ3) is 1.95. The maximum Gasteiger partial charge on any atom is 0.130 e. The average molecular weight is 220 g/mol. The SMILES string of the molecule is N#CC(C#N)=Cc1c(O)ccc2ccccc12. The Bertz CT molecular complexity index is 671. The quantitative estimate of drug-likeness (QED) is 0.751. The minimum Gasteiger partial charge on any atom is -0.507 e. The van der Waals surface area contributed by atoms with Crippen LogP contribution in [0.25, 0.3) is 16.8 Å². The van der Waals surface area contributed by atoms with Gasteiger partial charge in [0.15, 0.2) is 0 Å². The van der Waals surface area contributed by atoms with E-state index in [-0.39, 0.29) is 11.3 Å². The molecule has 17 heavy (non-hydrogen) atoms. The second kappa shape index (κ2) is 4.38. The number of benzene rings is 2. The Labute approximate surface area is 98.5 Å². The zero-order valence-corrected chi connectivity index (χ0v) is 8.88. The molecule has 2 aromatic carbocycles. The van der Waals surface area contributed by atoms with Crippen LogP contribution in [0.2, 0.25) is 0 Å². The lowest BCUT2D eigenvalue weighted by molar-refractivity contribution is 0.475. The van der Waals surface area contributed by atoms with Crippen LogP contribution < -0.4 is 0 Å². The van der Waals surface area contributed by atoms with Crippen LogP contribution in [0.4, 0.5) is 0 Å². The summed E-state index contributed by atoms with van der Waals surface area (Å²) in [6.45, 7) is 0. The van der Waals surface area contributed by atoms with Gasteiger partial charge in [0.1, 0.15) is 23.5 Å². The van der Waals surface area contributed by atoms with Crippen LogP contribution in [0, 0.1) is 22.7 Å². The van der Waals surface area contributed by atoms with Crippen molar-refractivity contribution in [1.29, 1.82) is 10.5 Å². The molecule has 2 rings (SSSR count). The first-order valence-electron chi connectivity index (χ1n) is 4.99. The average Bonchev–Trinajstić information content (AvgIpc) is 2.38. The number of hydrogen-bond acceptors (Lipinski definition) is 3. The molecule has 2 aromatic rings. The van der Waals surface area contributed by atoms with Crippen molar-refractivity contribution in [2.24, 2.45) is 0 Å². The highest BCUT2D eigenvalue weighted by molar-refractivity contribution is 5.94. The molecule has 3 nitrogen and oxygen atoms in total. The van der Waals surface area contributed by atoms with E-state index in [4.69, 9.17) is 10.5 Å². The summed E-state index contributed by atoms with van der Waals surface area (Å²) >= 11 is 0. The predicted molar refractivity (Wildman–Crippen MR) is 64.8 cm³/mol. The van der Waals surface area contributed by atoms with Crippen LogP contribution in [0.15, 0.2) is 42.0 Å². The molecule has 80 valence electrons. The Morgan fingerprint density at radius 3 is 2.47 bits per heavy atom. The van der Waals surface area contributed by atoms with Gasteiger partial charge in [-0.15, -0.1) is 0 Å². The Hall–Kier alpha value is -2.78. The van der Waals surface area contributed by atoms with Crippen LogP contribution in [0.1, 0.15) is 5.56 Å². The van der Waals surface area contributed by atoms with Crippen molar-refractivity contribution in [3.8, 4) is 17.9 Å². The first-order valence-corrected chi connectivity index (χ1v) is 4.99. The number of allylic oxidation sites excluding steroid dienone is 1. The van der Waals surface area contributed by atoms with Crippen molar-refractivity contribution in [1.82, 2.24) is 0 Å². The minimum atomic E-state index is -0.0309. The summed E-state index contributed by atoms with van der Waals surface area (Å²) in [5.74, 6) is 0.0618. The predicted octanol–water partition coefficient (Wildman–Crippen LogP) is 2.98. The van der Waals surface area contributed by atoms with E-state index < -0.39 is 0 Å². The number of nitrogens with zero attached hydrogens (tertiary/aromatic N) is 2. The summed E-state index contributed by atoms with van der Waals surface area (Å²) in [6, 6.07) is 14.4. The monoisotopic (exact) mass is 220 g/mol. The molecular formula is C14H8N2O. The molecule has 0 aromatic heterocycles. The molecule has 0 spiro atoms. The molecule has 0 bridgehead atoms. The molecular weight excluding hydrogens is 212 g/mol. The third-order valence-electron chi connectivity index (χ3n) is 2.48. The second-order valence-corrected chi connectivity index (χ2v) is 3.50. The molecule has 0 aliphatic carbocycles. The van der Waals surface area contributed by atoms with Crippen LogP contribution in [-0.4, -0.2) is 5.11 Å². The summed E-state index contributed by atoms with van der Waals surface area (Å²) in [6.07, 6.45) is 1.40. The first kappa shape index (κ1) is 10.7. The van der Waals surface area contributed by atoms with Gasteiger partial charge in [0.25, 0.3) is 0 Å². The highest BCUT2D eigenvalue weighted by Gasteiger charge is 2.05. The van der Waals surface area contributed by atoms with Crippen molar-refractivity contribution in [2.75, 3.05) is 0 Å². The Morgan fingerprint density at radius 1 is 1.06 bits per heavy atom. The number of rotatable bonds is 1. The highest BCUT2D eigenvalue weighted by atomic mass is 16.3. The standard InChI is InChI=1S/C14H8N2O/c15-8-10(9-16)7-13-12-4-2-1-3-11(12)5-6-14(13)17/h1-7,17H. The van der Waals surface area contributed by atoms with Crippen LogP contribution in [0.3, 0.4) is 0 Å². The maximum atomic E-state index is 9.79. The molecule has 0 amide bonds. The van der Waals surface area contributed by atoms with Crippen LogP contribution in [0.5, 0.6) is 5.75 Å². The number of aromatic hydroxyl groups is 1. The summed E-state index contributed by atoms with van der Waals surface area (Å²) in [5.41, 5.74) is 0.470. The third-order valence-corrected chi connectivity index (χ3v) is 2.48. The molecule has 0 radical (unpaired) electrons. The highest BCUT2D eigenvalue weighted by Crippen LogP contribution is 2.28. The van der Waals surface area contributed by atoms with E-state index in [1.807, 2.05) is 24.3 Å². The van der Waals surface area contributed by atoms with Crippen molar-refractivity contribution in [2.45, 2.75) is 0 Å². The lowest BCUT2D eigenvalue weighted by Gasteiger charge is -2.04. The summed E-state index contributed by atoms with van der Waals surface area (Å²) < 4.78 is 0. The summed E-state index contributed by atoms with van der Waals surface area (Å²) in [5, 5.41) is 29.0. The van der Waals surface area contributed by atoms with Crippen LogP contribution >= 0.6 is 0 Å². The van der Waals surface area contributed by atoms with Gasteiger partial charge in [0, 0.05) is 5.56 Å². The van der Waals surface area contributed by atoms with E-state index in [1.54, 1.807) is 24.3 Å². The van der Waals surface area contributed by atoms with Crippen molar-refractivity contribution in [3.63, 3.8) is 0 Å². The van der Waals surface area contributed by atoms with Gasteiger partial charge in [-0.1, -0.05) is 30.3 Å². The Balaban J connectivity index is 2.78. The van der Waals surface area contributed by atoms with Gasteiger partial charge in [-0.3, -0.25) is 0 Å². The van der Waals surface area contributed by atoms with Gasteiger partial charge < -0.3 is 5.11 Å². The molecule has 0 saturated heterocycles. The van der Waals surface area contributed by atoms with E-state index in [1.165, 1.54) is 6.08 Å². The molecule has 0 atom stereocenters. The van der Waals surface area contributed by atoms with Gasteiger partial charge in [0.05, 0.1) is 0 Å². The molecule has 3 heteroatoms. The van der Waals surface area contributed by atoms with E-state index in [0.717, 1.165) is 10.8 Å². The van der Waals surface area contributed by atoms with E-state index >= 15 is 0 Å². The van der Waals surface area contributed by atoms with Crippen molar-refractivity contribution in [3.05, 3.63) is 47.5 Å². The molecule has 0 aliphatic rings. The topological polar surface area (TPSA) is 67.8 Å². The normalized spacial score (nSPS) is 9.29. The van der Waals surface area contributed by atoms with Gasteiger partial charge in [-0.2, -0.15) is 10.5 Å². The smallest absolute Gasteiger partial charge is 0.130 e. The zero-order chi connectivity index (χ0) is 12.3. The fourth-order valence-corrected chi connectivity index (χ4v) is 1.67. The zero-order valence-electron chi connectivity index (χ0n) is 8.88. The lowest BCUT2D eigenvalue weighted by atomic mass is 10.0. The molecule has 0 aliphatic heterocycles. The van der Waals surface area contributed by atoms with Crippen molar-refractivity contribution < 1.29 is 5.11 Å². The van der Waals surface area contributed by atoms with E-state index in [0.29, 0.717) is 5.56 Å². The molecule has 1 N–H and O–H groups in total. The number of nitriles is 2. The molecule has 0 heterocycles. The molecule has 0 unspecified atom stereocenters. The van der Waals surface area contributed by atoms with E-state index in [9.17, 15) is 5.11 Å². The second-order valence-electron chi connectivity index (χ2n) is 3.50. The largest absolute Gasteiger partial charge is 0.507 e. The van der Waals surface area contributed by atoms with Gasteiger partial charge in [-0.05, 0) is 22.9 Å². The fourth-order valence-electron chi connectivity index (χ4n) is 1.67. The lowest BCUT2D eigenvalue weighted by Crippen LogP contribution is -1.82. The number of fused-ring (bicyclic) bond motifs is 1. The first-order chi connectivity index (χ1) is 8.26. The number of phenolic OH excluding ortho intramolecular Hbond substituents is 1. The maximum absolute atomic E-state index is 9.79. The fraction of sp³-hybridized carbons (Fsp3) is 0. The van der Waals surface area contributed by atoms with Crippen molar-refractivity contribution >= 4 is 16.8 Å². The number of hydrogen-bond donors (Lipinski definition) is 1. The Morgan fingerprint density at radius 2 is 1.76 bits per heavy atom. The Kier molecular flexibility index (Phi) is 2.77. The summed E-state index contributed by atoms with van der Waals surface area (Å²) in [7, 11) is 0.